The van der Waals surface area contributed by atoms with Gasteiger partial charge in [0, 0.05) is 17.1 Å². The molecule has 1 aromatic rings. The Hall–Kier alpha value is -0.310. The molecule has 1 aliphatic rings. The van der Waals surface area contributed by atoms with Gasteiger partial charge < -0.3 is 0 Å². The number of alkyl halides is 1. The van der Waals surface area contributed by atoms with E-state index in [0.29, 0.717) is 10.9 Å². The van der Waals surface area contributed by atoms with Crippen LogP contribution in [0.5, 0.6) is 0 Å². The maximum atomic E-state index is 4.66. The van der Waals surface area contributed by atoms with Gasteiger partial charge in [-0.1, -0.05) is 35.2 Å². The molecule has 2 atom stereocenters. The monoisotopic (exact) mass is 298 g/mol. The lowest BCUT2D eigenvalue weighted by molar-refractivity contribution is 0.460. The van der Waals surface area contributed by atoms with Gasteiger partial charge in [-0.05, 0) is 45.1 Å². The van der Waals surface area contributed by atoms with Crippen LogP contribution in [0.4, 0.5) is 0 Å². The Kier molecular flexibility index (Phi) is 4.66. The van der Waals surface area contributed by atoms with Crippen LogP contribution in [0.25, 0.3) is 0 Å². The van der Waals surface area contributed by atoms with Gasteiger partial charge in [0.1, 0.15) is 0 Å². The Morgan fingerprint density at radius 2 is 2.12 bits per heavy atom. The summed E-state index contributed by atoms with van der Waals surface area (Å²) in [6.07, 6.45) is 10.1. The highest BCUT2D eigenvalue weighted by molar-refractivity contribution is 9.09. The Morgan fingerprint density at radius 1 is 1.35 bits per heavy atom. The first-order valence-corrected chi connectivity index (χ1v) is 7.76. The SMILES string of the molecule is CC(C)n1ccc(CC2CCCCCC2Br)n1. The molecule has 17 heavy (non-hydrogen) atoms. The third kappa shape index (κ3) is 3.57. The van der Waals surface area contributed by atoms with E-state index in [1.807, 2.05) is 0 Å². The number of halogens is 1. The van der Waals surface area contributed by atoms with Crippen molar-refractivity contribution in [1.82, 2.24) is 9.78 Å². The first-order chi connectivity index (χ1) is 8.16. The van der Waals surface area contributed by atoms with Gasteiger partial charge in [0.25, 0.3) is 0 Å². The van der Waals surface area contributed by atoms with Crippen molar-refractivity contribution in [2.75, 3.05) is 0 Å². The summed E-state index contributed by atoms with van der Waals surface area (Å²) in [5.74, 6) is 0.771. The van der Waals surface area contributed by atoms with Crippen molar-refractivity contribution in [1.29, 1.82) is 0 Å². The van der Waals surface area contributed by atoms with Crippen LogP contribution in [-0.4, -0.2) is 14.6 Å². The molecule has 0 N–H and O–H groups in total. The van der Waals surface area contributed by atoms with Crippen LogP contribution in [0.2, 0.25) is 0 Å². The summed E-state index contributed by atoms with van der Waals surface area (Å²) in [7, 11) is 0. The number of hydrogen-bond acceptors (Lipinski definition) is 1. The lowest BCUT2D eigenvalue weighted by atomic mass is 9.95. The van der Waals surface area contributed by atoms with Crippen LogP contribution < -0.4 is 0 Å². The van der Waals surface area contributed by atoms with Gasteiger partial charge in [-0.25, -0.2) is 0 Å². The maximum absolute atomic E-state index is 4.66. The molecule has 3 heteroatoms. The summed E-state index contributed by atoms with van der Waals surface area (Å²) in [6, 6.07) is 2.66. The van der Waals surface area contributed by atoms with Crippen LogP contribution in [0.3, 0.4) is 0 Å². The molecule has 0 bridgehead atoms. The summed E-state index contributed by atoms with van der Waals surface area (Å²) < 4.78 is 2.06. The minimum Gasteiger partial charge on any atom is -0.270 e. The Balaban J connectivity index is 1.98. The van der Waals surface area contributed by atoms with E-state index in [1.54, 1.807) is 0 Å². The Bertz CT molecular complexity index is 346. The molecule has 0 aromatic carbocycles. The van der Waals surface area contributed by atoms with Gasteiger partial charge in [-0.15, -0.1) is 0 Å². The first-order valence-electron chi connectivity index (χ1n) is 6.85. The average Bonchev–Trinajstić information content (AvgIpc) is 2.66. The van der Waals surface area contributed by atoms with Crippen LogP contribution in [0.1, 0.15) is 57.7 Å². The van der Waals surface area contributed by atoms with E-state index in [0.717, 1.165) is 12.3 Å². The minimum atomic E-state index is 0.470. The van der Waals surface area contributed by atoms with E-state index < -0.39 is 0 Å². The molecule has 0 radical (unpaired) electrons. The van der Waals surface area contributed by atoms with E-state index >= 15 is 0 Å². The smallest absolute Gasteiger partial charge is 0.0627 e. The molecule has 1 aromatic heterocycles. The van der Waals surface area contributed by atoms with Crippen molar-refractivity contribution in [3.05, 3.63) is 18.0 Å². The van der Waals surface area contributed by atoms with Gasteiger partial charge in [0.2, 0.25) is 0 Å². The van der Waals surface area contributed by atoms with Gasteiger partial charge in [-0.2, -0.15) is 5.10 Å². The first kappa shape index (κ1) is 13.1. The molecule has 0 amide bonds. The fourth-order valence-electron chi connectivity index (χ4n) is 2.61. The topological polar surface area (TPSA) is 17.8 Å². The highest BCUT2D eigenvalue weighted by atomic mass is 79.9. The maximum Gasteiger partial charge on any atom is 0.0627 e. The van der Waals surface area contributed by atoms with E-state index in [4.69, 9.17) is 0 Å². The van der Waals surface area contributed by atoms with Crippen molar-refractivity contribution in [2.45, 2.75) is 63.2 Å². The van der Waals surface area contributed by atoms with Gasteiger partial charge in [0.15, 0.2) is 0 Å². The second kappa shape index (κ2) is 6.03. The third-order valence-corrected chi connectivity index (χ3v) is 4.94. The zero-order valence-electron chi connectivity index (χ0n) is 10.9. The molecule has 1 heterocycles. The lowest BCUT2D eigenvalue weighted by Gasteiger charge is -2.18. The largest absolute Gasteiger partial charge is 0.270 e. The molecule has 2 unspecified atom stereocenters. The lowest BCUT2D eigenvalue weighted by Crippen LogP contribution is -2.16. The number of rotatable bonds is 3. The van der Waals surface area contributed by atoms with Crippen molar-refractivity contribution in [2.24, 2.45) is 5.92 Å². The fraction of sp³-hybridized carbons (Fsp3) is 0.786. The van der Waals surface area contributed by atoms with Crippen molar-refractivity contribution in [3.63, 3.8) is 0 Å². The van der Waals surface area contributed by atoms with Crippen LogP contribution >= 0.6 is 15.9 Å². The summed E-state index contributed by atoms with van der Waals surface area (Å²) in [5.41, 5.74) is 1.26. The Labute approximate surface area is 113 Å². The highest BCUT2D eigenvalue weighted by Gasteiger charge is 2.22. The molecule has 0 saturated heterocycles. The summed E-state index contributed by atoms with van der Waals surface area (Å²) >= 11 is 3.86. The molecule has 0 spiro atoms. The van der Waals surface area contributed by atoms with Gasteiger partial charge in [-0.3, -0.25) is 4.68 Å². The molecule has 1 saturated carbocycles. The molecule has 96 valence electrons. The van der Waals surface area contributed by atoms with Crippen molar-refractivity contribution >= 4 is 15.9 Å². The fourth-order valence-corrected chi connectivity index (χ4v) is 3.39. The third-order valence-electron chi connectivity index (χ3n) is 3.73. The Morgan fingerprint density at radius 3 is 2.82 bits per heavy atom. The quantitative estimate of drug-likeness (QED) is 0.599. The summed E-state index contributed by atoms with van der Waals surface area (Å²) in [5, 5.41) is 4.66. The van der Waals surface area contributed by atoms with Gasteiger partial charge >= 0.3 is 0 Å². The zero-order valence-corrected chi connectivity index (χ0v) is 12.5. The summed E-state index contributed by atoms with van der Waals surface area (Å²) in [4.78, 5) is 0.689. The molecule has 1 aliphatic carbocycles. The van der Waals surface area contributed by atoms with Gasteiger partial charge in [0.05, 0.1) is 5.69 Å². The van der Waals surface area contributed by atoms with Crippen LogP contribution in [0, 0.1) is 5.92 Å². The van der Waals surface area contributed by atoms with E-state index in [9.17, 15) is 0 Å². The molecule has 2 rings (SSSR count). The molecule has 2 nitrogen and oxygen atoms in total. The molecular weight excluding hydrogens is 276 g/mol. The highest BCUT2D eigenvalue weighted by Crippen LogP contribution is 2.31. The normalized spacial score (nSPS) is 26.1. The molecular formula is C14H23BrN2. The summed E-state index contributed by atoms with van der Waals surface area (Å²) in [6.45, 7) is 4.35. The standard InChI is InChI=1S/C14H23BrN2/c1-11(2)17-9-8-13(16-17)10-12-6-4-3-5-7-14(12)15/h8-9,11-12,14H,3-7,10H2,1-2H3. The molecule has 1 fully saturated rings. The van der Waals surface area contributed by atoms with E-state index in [-0.39, 0.29) is 0 Å². The van der Waals surface area contributed by atoms with Crippen LogP contribution in [0.15, 0.2) is 12.3 Å². The van der Waals surface area contributed by atoms with Crippen molar-refractivity contribution < 1.29 is 0 Å². The second-order valence-electron chi connectivity index (χ2n) is 5.50. The number of aromatic nitrogens is 2. The van der Waals surface area contributed by atoms with E-state index in [2.05, 4.69) is 51.8 Å². The predicted molar refractivity (Wildman–Crippen MR) is 75.6 cm³/mol. The second-order valence-corrected chi connectivity index (χ2v) is 6.68. The zero-order chi connectivity index (χ0) is 12.3. The average molecular weight is 299 g/mol. The van der Waals surface area contributed by atoms with Crippen LogP contribution in [-0.2, 0) is 6.42 Å². The van der Waals surface area contributed by atoms with Crippen molar-refractivity contribution in [3.8, 4) is 0 Å². The van der Waals surface area contributed by atoms with E-state index in [1.165, 1.54) is 37.8 Å². The number of hydrogen-bond donors (Lipinski definition) is 0. The molecule has 0 aliphatic heterocycles. The number of nitrogens with zero attached hydrogens (tertiary/aromatic N) is 2. The predicted octanol–water partition coefficient (Wildman–Crippen LogP) is 4.35. The minimum absolute atomic E-state index is 0.470.